The maximum absolute atomic E-state index is 11.6. The molecule has 1 aromatic carbocycles. The zero-order valence-electron chi connectivity index (χ0n) is 8.42. The van der Waals surface area contributed by atoms with Gasteiger partial charge in [-0.15, -0.1) is 0 Å². The van der Waals surface area contributed by atoms with E-state index in [1.807, 2.05) is 24.3 Å². The number of hydrogen-bond donors (Lipinski definition) is 0. The van der Waals surface area contributed by atoms with E-state index in [1.165, 1.54) is 9.99 Å². The second-order valence-corrected chi connectivity index (χ2v) is 4.63. The van der Waals surface area contributed by atoms with E-state index < -0.39 is 0 Å². The molecule has 0 N–H and O–H groups in total. The maximum atomic E-state index is 11.6. The van der Waals surface area contributed by atoms with Gasteiger partial charge in [0.25, 0.3) is 0 Å². The molecule has 1 rings (SSSR count). The van der Waals surface area contributed by atoms with E-state index in [2.05, 4.69) is 29.5 Å². The Balaban J connectivity index is 2.48. The molecule has 0 saturated heterocycles. The number of halogens is 1. The summed E-state index contributed by atoms with van der Waals surface area (Å²) in [5, 5.41) is 0. The van der Waals surface area contributed by atoms with Crippen molar-refractivity contribution in [2.24, 2.45) is 0 Å². The van der Waals surface area contributed by atoms with Crippen molar-refractivity contribution in [3.8, 4) is 0 Å². The molecule has 0 aliphatic rings. The Morgan fingerprint density at radius 3 is 2.43 bits per heavy atom. The van der Waals surface area contributed by atoms with Crippen LogP contribution in [0.2, 0.25) is 0 Å². The third kappa shape index (κ3) is 3.78. The van der Waals surface area contributed by atoms with E-state index in [0.29, 0.717) is 6.42 Å². The van der Waals surface area contributed by atoms with Crippen molar-refractivity contribution in [2.75, 3.05) is 0 Å². The molecule has 2 heteroatoms. The van der Waals surface area contributed by atoms with E-state index in [1.54, 1.807) is 0 Å². The molecular formula is C12H15IO. The van der Waals surface area contributed by atoms with Crippen LogP contribution in [0.1, 0.15) is 43.0 Å². The molecule has 14 heavy (non-hydrogen) atoms. The van der Waals surface area contributed by atoms with Gasteiger partial charge in [-0.25, -0.2) is 0 Å². The van der Waals surface area contributed by atoms with Gasteiger partial charge in [-0.2, -0.15) is 0 Å². The Labute approximate surface area is 99.0 Å². The Morgan fingerprint density at radius 2 is 1.86 bits per heavy atom. The maximum Gasteiger partial charge on any atom is 0.162 e. The van der Waals surface area contributed by atoms with Crippen LogP contribution < -0.4 is 0 Å². The Hall–Kier alpha value is -0.380. The van der Waals surface area contributed by atoms with E-state index in [0.717, 1.165) is 18.4 Å². The van der Waals surface area contributed by atoms with Crippen LogP contribution in [-0.4, -0.2) is 5.78 Å². The summed E-state index contributed by atoms with van der Waals surface area (Å²) in [4.78, 5) is 11.6. The average Bonchev–Trinajstić information content (AvgIpc) is 2.19. The van der Waals surface area contributed by atoms with Crippen molar-refractivity contribution >= 4 is 28.4 Å². The number of carbonyl (C=O) groups is 1. The summed E-state index contributed by atoms with van der Waals surface area (Å²) in [5.74, 6) is 0.273. The topological polar surface area (TPSA) is 17.1 Å². The normalized spacial score (nSPS) is 10.1. The van der Waals surface area contributed by atoms with Gasteiger partial charge in [0, 0.05) is 15.6 Å². The lowest BCUT2D eigenvalue weighted by molar-refractivity contribution is 0.0979. The van der Waals surface area contributed by atoms with Gasteiger partial charge in [-0.05, 0) is 41.1 Å². The number of ketones is 1. The fourth-order valence-corrected chi connectivity index (χ4v) is 1.68. The summed E-state index contributed by atoms with van der Waals surface area (Å²) in [7, 11) is 0. The van der Waals surface area contributed by atoms with Gasteiger partial charge in [0.05, 0.1) is 0 Å². The van der Waals surface area contributed by atoms with Gasteiger partial charge in [-0.1, -0.05) is 31.9 Å². The van der Waals surface area contributed by atoms with Gasteiger partial charge >= 0.3 is 0 Å². The van der Waals surface area contributed by atoms with Crippen LogP contribution >= 0.6 is 22.6 Å². The monoisotopic (exact) mass is 302 g/mol. The largest absolute Gasteiger partial charge is 0.294 e. The van der Waals surface area contributed by atoms with Crippen LogP contribution in [0.5, 0.6) is 0 Å². The molecule has 0 aliphatic heterocycles. The van der Waals surface area contributed by atoms with Crippen molar-refractivity contribution in [3.63, 3.8) is 0 Å². The fraction of sp³-hybridized carbons (Fsp3) is 0.417. The van der Waals surface area contributed by atoms with E-state index in [4.69, 9.17) is 0 Å². The van der Waals surface area contributed by atoms with Gasteiger partial charge in [0.15, 0.2) is 5.78 Å². The molecule has 0 spiro atoms. The SMILES string of the molecule is CCCCCC(=O)c1ccc(I)cc1. The zero-order valence-corrected chi connectivity index (χ0v) is 10.6. The van der Waals surface area contributed by atoms with Crippen LogP contribution in [0.15, 0.2) is 24.3 Å². The second-order valence-electron chi connectivity index (χ2n) is 3.39. The van der Waals surface area contributed by atoms with Gasteiger partial charge in [0.2, 0.25) is 0 Å². The second kappa shape index (κ2) is 6.17. The number of benzene rings is 1. The molecule has 0 fully saturated rings. The quantitative estimate of drug-likeness (QED) is 0.455. The first-order valence-electron chi connectivity index (χ1n) is 5.03. The third-order valence-electron chi connectivity index (χ3n) is 2.17. The molecule has 0 radical (unpaired) electrons. The minimum Gasteiger partial charge on any atom is -0.294 e. The lowest BCUT2D eigenvalue weighted by Gasteiger charge is -2.00. The fourth-order valence-electron chi connectivity index (χ4n) is 1.32. The Kier molecular flexibility index (Phi) is 5.15. The molecule has 0 amide bonds. The first-order valence-corrected chi connectivity index (χ1v) is 6.10. The highest BCUT2D eigenvalue weighted by molar-refractivity contribution is 14.1. The highest BCUT2D eigenvalue weighted by Gasteiger charge is 2.04. The molecular weight excluding hydrogens is 287 g/mol. The molecule has 0 atom stereocenters. The number of hydrogen-bond acceptors (Lipinski definition) is 1. The smallest absolute Gasteiger partial charge is 0.162 e. The summed E-state index contributed by atoms with van der Waals surface area (Å²) >= 11 is 2.24. The summed E-state index contributed by atoms with van der Waals surface area (Å²) in [5.41, 5.74) is 0.849. The van der Waals surface area contributed by atoms with Crippen molar-refractivity contribution in [1.29, 1.82) is 0 Å². The van der Waals surface area contributed by atoms with Crippen LogP contribution in [0.3, 0.4) is 0 Å². The van der Waals surface area contributed by atoms with Crippen molar-refractivity contribution in [3.05, 3.63) is 33.4 Å². The molecule has 0 bridgehead atoms. The summed E-state index contributed by atoms with van der Waals surface area (Å²) in [6.45, 7) is 2.15. The van der Waals surface area contributed by atoms with E-state index >= 15 is 0 Å². The lowest BCUT2D eigenvalue weighted by Crippen LogP contribution is -1.98. The number of carbonyl (C=O) groups excluding carboxylic acids is 1. The number of Topliss-reactive ketones (excluding diaryl/α,β-unsaturated/α-hetero) is 1. The summed E-state index contributed by atoms with van der Waals surface area (Å²) in [6.07, 6.45) is 4.02. The standard InChI is InChI=1S/C12H15IO/c1-2-3-4-5-12(14)10-6-8-11(13)9-7-10/h6-9H,2-5H2,1H3. The predicted molar refractivity (Wildman–Crippen MR) is 67.6 cm³/mol. The minimum atomic E-state index is 0.273. The summed E-state index contributed by atoms with van der Waals surface area (Å²) in [6, 6.07) is 7.79. The molecule has 0 heterocycles. The minimum absolute atomic E-state index is 0.273. The molecule has 0 unspecified atom stereocenters. The van der Waals surface area contributed by atoms with E-state index in [9.17, 15) is 4.79 Å². The average molecular weight is 302 g/mol. The van der Waals surface area contributed by atoms with Crippen LogP contribution in [0.25, 0.3) is 0 Å². The predicted octanol–water partition coefficient (Wildman–Crippen LogP) is 4.05. The zero-order chi connectivity index (χ0) is 10.4. The molecule has 0 saturated carbocycles. The molecule has 0 aliphatic carbocycles. The molecule has 76 valence electrons. The van der Waals surface area contributed by atoms with E-state index in [-0.39, 0.29) is 5.78 Å². The van der Waals surface area contributed by atoms with Crippen LogP contribution in [0.4, 0.5) is 0 Å². The Bertz CT molecular complexity index is 290. The first kappa shape index (κ1) is 11.7. The van der Waals surface area contributed by atoms with Crippen LogP contribution in [-0.2, 0) is 0 Å². The van der Waals surface area contributed by atoms with Gasteiger partial charge in [0.1, 0.15) is 0 Å². The summed E-state index contributed by atoms with van der Waals surface area (Å²) < 4.78 is 1.17. The number of unbranched alkanes of at least 4 members (excludes halogenated alkanes) is 2. The molecule has 0 aromatic heterocycles. The number of rotatable bonds is 5. The highest BCUT2D eigenvalue weighted by atomic mass is 127. The Morgan fingerprint density at radius 1 is 1.21 bits per heavy atom. The molecule has 1 nitrogen and oxygen atoms in total. The van der Waals surface area contributed by atoms with Crippen molar-refractivity contribution in [1.82, 2.24) is 0 Å². The van der Waals surface area contributed by atoms with Crippen molar-refractivity contribution < 1.29 is 4.79 Å². The first-order chi connectivity index (χ1) is 6.74. The lowest BCUT2D eigenvalue weighted by atomic mass is 10.1. The third-order valence-corrected chi connectivity index (χ3v) is 2.89. The van der Waals surface area contributed by atoms with Crippen molar-refractivity contribution in [2.45, 2.75) is 32.6 Å². The molecule has 1 aromatic rings. The van der Waals surface area contributed by atoms with Gasteiger partial charge < -0.3 is 0 Å². The highest BCUT2D eigenvalue weighted by Crippen LogP contribution is 2.10. The van der Waals surface area contributed by atoms with Crippen LogP contribution in [0, 0.1) is 3.57 Å². The van der Waals surface area contributed by atoms with Gasteiger partial charge in [-0.3, -0.25) is 4.79 Å².